The third kappa shape index (κ3) is 2.32. The van der Waals surface area contributed by atoms with E-state index in [-0.39, 0.29) is 22.7 Å². The lowest BCUT2D eigenvalue weighted by molar-refractivity contribution is -0.0114. The van der Waals surface area contributed by atoms with E-state index < -0.39 is 16.0 Å². The number of fused-ring (bicyclic) bond motifs is 2. The molecule has 2 saturated heterocycles. The molecule has 3 rings (SSSR count). The zero-order valence-electron chi connectivity index (χ0n) is 10.7. The molecule has 2 aliphatic rings. The molecule has 2 unspecified atom stereocenters. The Balaban J connectivity index is 1.86. The number of sulfonamides is 1. The molecular formula is C13H15NO5S. The average molecular weight is 297 g/mol. The first-order chi connectivity index (χ1) is 9.46. The van der Waals surface area contributed by atoms with E-state index in [9.17, 15) is 13.2 Å². The van der Waals surface area contributed by atoms with Crippen molar-refractivity contribution >= 4 is 16.0 Å². The fourth-order valence-electron chi connectivity index (χ4n) is 2.69. The quantitative estimate of drug-likeness (QED) is 0.897. The fourth-order valence-corrected chi connectivity index (χ4v) is 4.20. The lowest BCUT2D eigenvalue weighted by Gasteiger charge is -2.31. The Morgan fingerprint density at radius 1 is 1.15 bits per heavy atom. The summed E-state index contributed by atoms with van der Waals surface area (Å²) in [6, 6.07) is 5.31. The van der Waals surface area contributed by atoms with Crippen LogP contribution in [0.1, 0.15) is 23.2 Å². The highest BCUT2D eigenvalue weighted by molar-refractivity contribution is 7.89. The smallest absolute Gasteiger partial charge is 0.335 e. The lowest BCUT2D eigenvalue weighted by Crippen LogP contribution is -2.45. The van der Waals surface area contributed by atoms with Crippen molar-refractivity contribution in [3.05, 3.63) is 29.8 Å². The van der Waals surface area contributed by atoms with Gasteiger partial charge in [-0.1, -0.05) is 0 Å². The van der Waals surface area contributed by atoms with Gasteiger partial charge in [0, 0.05) is 13.1 Å². The van der Waals surface area contributed by atoms with Crippen LogP contribution in [0.4, 0.5) is 0 Å². The minimum absolute atomic E-state index is 0.0122. The van der Waals surface area contributed by atoms with Gasteiger partial charge in [0.1, 0.15) is 0 Å². The maximum Gasteiger partial charge on any atom is 0.335 e. The number of nitrogens with zero attached hydrogens (tertiary/aromatic N) is 1. The molecule has 0 radical (unpaired) electrons. The van der Waals surface area contributed by atoms with Gasteiger partial charge < -0.3 is 9.84 Å². The predicted octanol–water partition coefficient (Wildman–Crippen LogP) is 0.937. The number of aromatic carboxylic acids is 1. The highest BCUT2D eigenvalue weighted by Crippen LogP contribution is 2.29. The third-order valence-electron chi connectivity index (χ3n) is 3.75. The summed E-state index contributed by atoms with van der Waals surface area (Å²) in [7, 11) is -3.57. The molecule has 2 bridgehead atoms. The monoisotopic (exact) mass is 297 g/mol. The molecule has 108 valence electrons. The molecule has 6 nitrogen and oxygen atoms in total. The van der Waals surface area contributed by atoms with Crippen molar-refractivity contribution in [3.8, 4) is 0 Å². The SMILES string of the molecule is O=C(O)c1ccc(S(=O)(=O)N2CC3CCC(C2)O3)cc1. The third-order valence-corrected chi connectivity index (χ3v) is 5.59. The van der Waals surface area contributed by atoms with Crippen molar-refractivity contribution in [3.63, 3.8) is 0 Å². The first-order valence-electron chi connectivity index (χ1n) is 6.46. The highest BCUT2D eigenvalue weighted by Gasteiger charge is 2.39. The predicted molar refractivity (Wildman–Crippen MR) is 70.1 cm³/mol. The van der Waals surface area contributed by atoms with Crippen LogP contribution in [-0.4, -0.2) is 49.1 Å². The van der Waals surface area contributed by atoms with Gasteiger partial charge in [-0.25, -0.2) is 13.2 Å². The maximum absolute atomic E-state index is 12.5. The first-order valence-corrected chi connectivity index (χ1v) is 7.90. The van der Waals surface area contributed by atoms with E-state index in [4.69, 9.17) is 9.84 Å². The van der Waals surface area contributed by atoms with Gasteiger partial charge in [0.25, 0.3) is 0 Å². The standard InChI is InChI=1S/C13H15NO5S/c15-13(16)9-1-5-12(6-2-9)20(17,18)14-7-10-3-4-11(8-14)19-10/h1-2,5-6,10-11H,3-4,7-8H2,(H,15,16). The fraction of sp³-hybridized carbons (Fsp3) is 0.462. The number of benzene rings is 1. The van der Waals surface area contributed by atoms with E-state index in [2.05, 4.69) is 0 Å². The Hall–Kier alpha value is -1.44. The molecule has 2 atom stereocenters. The van der Waals surface area contributed by atoms with Gasteiger partial charge in [0.05, 0.1) is 22.7 Å². The molecule has 0 aliphatic carbocycles. The second-order valence-corrected chi connectivity index (χ2v) is 7.05. The molecule has 1 aromatic rings. The number of morpholine rings is 1. The van der Waals surface area contributed by atoms with Gasteiger partial charge in [0.2, 0.25) is 10.0 Å². The van der Waals surface area contributed by atoms with E-state index in [0.29, 0.717) is 13.1 Å². The Kier molecular flexibility index (Phi) is 3.27. The second-order valence-electron chi connectivity index (χ2n) is 5.11. The highest BCUT2D eigenvalue weighted by atomic mass is 32.2. The van der Waals surface area contributed by atoms with Crippen molar-refractivity contribution < 1.29 is 23.1 Å². The van der Waals surface area contributed by atoms with Crippen LogP contribution in [0.15, 0.2) is 29.2 Å². The van der Waals surface area contributed by atoms with Crippen LogP contribution in [0, 0.1) is 0 Å². The van der Waals surface area contributed by atoms with Crippen molar-refractivity contribution in [2.45, 2.75) is 29.9 Å². The average Bonchev–Trinajstić information content (AvgIpc) is 2.77. The number of hydrogen-bond donors (Lipinski definition) is 1. The number of carboxylic acids is 1. The summed E-state index contributed by atoms with van der Waals surface area (Å²) in [6.45, 7) is 0.749. The molecular weight excluding hydrogens is 282 g/mol. The van der Waals surface area contributed by atoms with Crippen LogP contribution in [0.25, 0.3) is 0 Å². The number of hydrogen-bond acceptors (Lipinski definition) is 4. The van der Waals surface area contributed by atoms with Crippen LogP contribution < -0.4 is 0 Å². The van der Waals surface area contributed by atoms with Gasteiger partial charge in [-0.15, -0.1) is 0 Å². The first kappa shape index (κ1) is 13.5. The van der Waals surface area contributed by atoms with E-state index in [1.54, 1.807) is 0 Å². The van der Waals surface area contributed by atoms with E-state index in [1.807, 2.05) is 0 Å². The van der Waals surface area contributed by atoms with Crippen LogP contribution in [0.2, 0.25) is 0 Å². The molecule has 1 N–H and O–H groups in total. The molecule has 0 saturated carbocycles. The topological polar surface area (TPSA) is 83.9 Å². The summed E-state index contributed by atoms with van der Waals surface area (Å²) in [6.07, 6.45) is 1.77. The zero-order chi connectivity index (χ0) is 14.3. The number of carbonyl (C=O) groups is 1. The summed E-state index contributed by atoms with van der Waals surface area (Å²) >= 11 is 0. The molecule has 0 amide bonds. The molecule has 2 aliphatic heterocycles. The molecule has 1 aromatic carbocycles. The van der Waals surface area contributed by atoms with Crippen LogP contribution in [-0.2, 0) is 14.8 Å². The maximum atomic E-state index is 12.5. The Morgan fingerprint density at radius 3 is 2.20 bits per heavy atom. The minimum Gasteiger partial charge on any atom is -0.478 e. The van der Waals surface area contributed by atoms with Crippen molar-refractivity contribution in [2.75, 3.05) is 13.1 Å². The lowest BCUT2D eigenvalue weighted by atomic mass is 10.2. The van der Waals surface area contributed by atoms with Crippen LogP contribution in [0.3, 0.4) is 0 Å². The summed E-state index contributed by atoms with van der Waals surface area (Å²) in [5.74, 6) is -1.07. The van der Waals surface area contributed by atoms with Crippen molar-refractivity contribution in [2.24, 2.45) is 0 Å². The molecule has 2 fully saturated rings. The molecule has 0 aromatic heterocycles. The molecule has 20 heavy (non-hydrogen) atoms. The molecule has 0 spiro atoms. The van der Waals surface area contributed by atoms with Gasteiger partial charge in [-0.3, -0.25) is 0 Å². The number of carboxylic acid groups (broad SMARTS) is 1. The number of rotatable bonds is 3. The van der Waals surface area contributed by atoms with Gasteiger partial charge in [-0.05, 0) is 37.1 Å². The zero-order valence-corrected chi connectivity index (χ0v) is 11.5. The summed E-state index contributed by atoms with van der Waals surface area (Å²) < 4.78 is 32.1. The minimum atomic E-state index is -3.57. The normalized spacial score (nSPS) is 26.6. The summed E-state index contributed by atoms with van der Waals surface area (Å²) in [4.78, 5) is 10.9. The summed E-state index contributed by atoms with van der Waals surface area (Å²) in [5, 5.41) is 8.83. The van der Waals surface area contributed by atoms with Crippen LogP contribution in [0.5, 0.6) is 0 Å². The van der Waals surface area contributed by atoms with Gasteiger partial charge in [-0.2, -0.15) is 4.31 Å². The van der Waals surface area contributed by atoms with Gasteiger partial charge in [0.15, 0.2) is 0 Å². The number of ether oxygens (including phenoxy) is 1. The Labute approximate surface area is 117 Å². The molecule has 2 heterocycles. The van der Waals surface area contributed by atoms with E-state index in [1.165, 1.54) is 28.6 Å². The Bertz CT molecular complexity index is 613. The van der Waals surface area contributed by atoms with E-state index in [0.717, 1.165) is 12.8 Å². The van der Waals surface area contributed by atoms with Crippen molar-refractivity contribution in [1.29, 1.82) is 0 Å². The molecule has 7 heteroatoms. The van der Waals surface area contributed by atoms with Gasteiger partial charge >= 0.3 is 5.97 Å². The second kappa shape index (κ2) is 4.83. The van der Waals surface area contributed by atoms with Crippen LogP contribution >= 0.6 is 0 Å². The Morgan fingerprint density at radius 2 is 1.70 bits per heavy atom. The van der Waals surface area contributed by atoms with E-state index >= 15 is 0 Å². The summed E-state index contributed by atoms with van der Waals surface area (Å²) in [5.41, 5.74) is 0.0750. The van der Waals surface area contributed by atoms with Crippen molar-refractivity contribution in [1.82, 2.24) is 4.31 Å². The largest absolute Gasteiger partial charge is 0.478 e.